The van der Waals surface area contributed by atoms with Crippen LogP contribution in [0.15, 0.2) is 65.6 Å². The van der Waals surface area contributed by atoms with Gasteiger partial charge in [0.15, 0.2) is 11.3 Å². The third kappa shape index (κ3) is 2.23. The van der Waals surface area contributed by atoms with Crippen molar-refractivity contribution in [3.63, 3.8) is 0 Å². The Morgan fingerprint density at radius 1 is 0.778 bits per heavy atom. The van der Waals surface area contributed by atoms with Crippen LogP contribution in [0, 0.1) is 0 Å². The van der Waals surface area contributed by atoms with Crippen molar-refractivity contribution in [2.75, 3.05) is 0 Å². The van der Waals surface area contributed by atoms with Crippen molar-refractivity contribution in [3.8, 4) is 22.9 Å². The zero-order valence-corrected chi connectivity index (χ0v) is 15.0. The highest BCUT2D eigenvalue weighted by molar-refractivity contribution is 5.86. The maximum Gasteiger partial charge on any atom is 0.193 e. The van der Waals surface area contributed by atoms with Gasteiger partial charge in [0.25, 0.3) is 0 Å². The van der Waals surface area contributed by atoms with Crippen LogP contribution in [0.5, 0.6) is 0 Å². The molecule has 2 aromatic carbocycles. The molecule has 0 amide bonds. The maximum atomic E-state index is 12.9. The quantitative estimate of drug-likeness (QED) is 0.527. The van der Waals surface area contributed by atoms with E-state index in [1.807, 2.05) is 71.8 Å². The Kier molecular flexibility index (Phi) is 3.27. The van der Waals surface area contributed by atoms with Gasteiger partial charge in [0, 0.05) is 26.4 Å². The fourth-order valence-electron chi connectivity index (χ4n) is 3.62. The van der Waals surface area contributed by atoms with Crippen LogP contribution >= 0.6 is 0 Å². The molecule has 0 bridgehead atoms. The summed E-state index contributed by atoms with van der Waals surface area (Å²) in [6.45, 7) is 0. The standard InChI is InChI=1S/C21H17N5O/c1-25-15-9-5-3-7-13(15)23-20(25)18-17(27)11-12-22-19(18)21-24-14-8-4-6-10-16(14)26(21)2/h3-12H,1-2H3,(H,22,27). The van der Waals surface area contributed by atoms with Crippen molar-refractivity contribution in [2.24, 2.45) is 14.1 Å². The second-order valence-corrected chi connectivity index (χ2v) is 6.56. The molecule has 0 radical (unpaired) electrons. The monoisotopic (exact) mass is 355 g/mol. The molecular weight excluding hydrogens is 338 g/mol. The van der Waals surface area contributed by atoms with Crippen LogP contribution in [0.25, 0.3) is 45.0 Å². The molecule has 5 rings (SSSR count). The number of aromatic nitrogens is 5. The fraction of sp³-hybridized carbons (Fsp3) is 0.0952. The molecule has 0 saturated carbocycles. The molecule has 0 atom stereocenters. The average Bonchev–Trinajstić information content (AvgIpc) is 3.20. The summed E-state index contributed by atoms with van der Waals surface area (Å²) in [5.41, 5.74) is 4.83. The number of nitrogens with zero attached hydrogens (tertiary/aromatic N) is 4. The zero-order chi connectivity index (χ0) is 18.5. The number of fused-ring (bicyclic) bond motifs is 2. The number of H-pyrrole nitrogens is 1. The minimum Gasteiger partial charge on any atom is -0.358 e. The van der Waals surface area contributed by atoms with E-state index in [-0.39, 0.29) is 5.43 Å². The summed E-state index contributed by atoms with van der Waals surface area (Å²) in [6.07, 6.45) is 1.66. The van der Waals surface area contributed by atoms with Crippen molar-refractivity contribution >= 4 is 22.1 Å². The van der Waals surface area contributed by atoms with Crippen LogP contribution in [0.1, 0.15) is 0 Å². The number of nitrogens with one attached hydrogen (secondary N) is 1. The third-order valence-electron chi connectivity index (χ3n) is 4.98. The van der Waals surface area contributed by atoms with Crippen molar-refractivity contribution < 1.29 is 0 Å². The molecule has 3 aromatic heterocycles. The normalized spacial score (nSPS) is 11.5. The van der Waals surface area contributed by atoms with E-state index in [4.69, 9.17) is 9.97 Å². The summed E-state index contributed by atoms with van der Waals surface area (Å²) >= 11 is 0. The highest BCUT2D eigenvalue weighted by Gasteiger charge is 2.21. The van der Waals surface area contributed by atoms with Gasteiger partial charge in [-0.15, -0.1) is 0 Å². The molecule has 0 spiro atoms. The summed E-state index contributed by atoms with van der Waals surface area (Å²) in [5.74, 6) is 1.33. The summed E-state index contributed by atoms with van der Waals surface area (Å²) in [6, 6.07) is 17.3. The number of aromatic amines is 1. The number of pyridine rings is 1. The molecule has 0 saturated heterocycles. The second kappa shape index (κ2) is 5.67. The molecule has 0 fully saturated rings. The van der Waals surface area contributed by atoms with Gasteiger partial charge in [0.1, 0.15) is 5.82 Å². The topological polar surface area (TPSA) is 68.5 Å². The summed E-state index contributed by atoms with van der Waals surface area (Å²) in [7, 11) is 3.88. The van der Waals surface area contributed by atoms with E-state index < -0.39 is 0 Å². The van der Waals surface area contributed by atoms with Gasteiger partial charge in [-0.3, -0.25) is 4.79 Å². The van der Waals surface area contributed by atoms with E-state index in [9.17, 15) is 4.79 Å². The third-order valence-corrected chi connectivity index (χ3v) is 4.98. The Hall–Kier alpha value is -3.67. The minimum atomic E-state index is -0.0887. The number of hydrogen-bond donors (Lipinski definition) is 1. The zero-order valence-electron chi connectivity index (χ0n) is 15.0. The Bertz CT molecular complexity index is 1370. The number of aryl methyl sites for hydroxylation is 2. The lowest BCUT2D eigenvalue weighted by molar-refractivity contribution is 0.937. The van der Waals surface area contributed by atoms with Gasteiger partial charge in [0.05, 0.1) is 33.3 Å². The molecule has 6 nitrogen and oxygen atoms in total. The van der Waals surface area contributed by atoms with Gasteiger partial charge in [-0.05, 0) is 24.3 Å². The van der Waals surface area contributed by atoms with E-state index in [0.29, 0.717) is 22.9 Å². The largest absolute Gasteiger partial charge is 0.358 e. The van der Waals surface area contributed by atoms with Crippen LogP contribution in [0.2, 0.25) is 0 Å². The van der Waals surface area contributed by atoms with Crippen molar-refractivity contribution in [1.29, 1.82) is 0 Å². The molecule has 0 unspecified atom stereocenters. The van der Waals surface area contributed by atoms with Crippen molar-refractivity contribution in [2.45, 2.75) is 0 Å². The summed E-state index contributed by atoms with van der Waals surface area (Å²) < 4.78 is 3.94. The highest BCUT2D eigenvalue weighted by atomic mass is 16.1. The summed E-state index contributed by atoms with van der Waals surface area (Å²) in [4.78, 5) is 25.6. The fourth-order valence-corrected chi connectivity index (χ4v) is 3.62. The van der Waals surface area contributed by atoms with E-state index in [2.05, 4.69) is 4.98 Å². The van der Waals surface area contributed by atoms with E-state index in [1.54, 1.807) is 6.20 Å². The number of rotatable bonds is 2. The van der Waals surface area contributed by atoms with Crippen LogP contribution in [0.3, 0.4) is 0 Å². The number of hydrogen-bond acceptors (Lipinski definition) is 3. The molecule has 6 heteroatoms. The lowest BCUT2D eigenvalue weighted by atomic mass is 10.1. The number of benzene rings is 2. The molecule has 0 aliphatic heterocycles. The first-order valence-corrected chi connectivity index (χ1v) is 8.70. The van der Waals surface area contributed by atoms with Gasteiger partial charge in [-0.25, -0.2) is 9.97 Å². The first-order valence-electron chi connectivity index (χ1n) is 8.70. The molecular formula is C21H17N5O. The molecule has 132 valence electrons. The van der Waals surface area contributed by atoms with Gasteiger partial charge in [-0.1, -0.05) is 24.3 Å². The molecule has 27 heavy (non-hydrogen) atoms. The van der Waals surface area contributed by atoms with Gasteiger partial charge in [-0.2, -0.15) is 0 Å². The van der Waals surface area contributed by atoms with Gasteiger partial charge in [0.2, 0.25) is 0 Å². The van der Waals surface area contributed by atoms with Gasteiger partial charge < -0.3 is 14.1 Å². The summed E-state index contributed by atoms with van der Waals surface area (Å²) in [5, 5.41) is 0. The average molecular weight is 355 g/mol. The van der Waals surface area contributed by atoms with Crippen LogP contribution in [-0.2, 0) is 14.1 Å². The maximum absolute atomic E-state index is 12.9. The first kappa shape index (κ1) is 15.6. The highest BCUT2D eigenvalue weighted by Crippen LogP contribution is 2.30. The lowest BCUT2D eigenvalue weighted by Gasteiger charge is -2.09. The van der Waals surface area contributed by atoms with Crippen LogP contribution in [0.4, 0.5) is 0 Å². The second-order valence-electron chi connectivity index (χ2n) is 6.56. The van der Waals surface area contributed by atoms with E-state index in [0.717, 1.165) is 22.1 Å². The molecule has 5 aromatic rings. The molecule has 1 N–H and O–H groups in total. The van der Waals surface area contributed by atoms with Crippen molar-refractivity contribution in [1.82, 2.24) is 24.1 Å². The minimum absolute atomic E-state index is 0.0887. The van der Waals surface area contributed by atoms with Crippen molar-refractivity contribution in [3.05, 3.63) is 71.0 Å². The Labute approximate surface area is 154 Å². The molecule has 0 aliphatic rings. The van der Waals surface area contributed by atoms with E-state index >= 15 is 0 Å². The van der Waals surface area contributed by atoms with Crippen LogP contribution in [-0.4, -0.2) is 24.1 Å². The Balaban J connectivity index is 1.85. The van der Waals surface area contributed by atoms with Crippen LogP contribution < -0.4 is 5.43 Å². The molecule has 3 heterocycles. The predicted octanol–water partition coefficient (Wildman–Crippen LogP) is 3.48. The smallest absolute Gasteiger partial charge is 0.193 e. The molecule has 0 aliphatic carbocycles. The Morgan fingerprint density at radius 2 is 1.33 bits per heavy atom. The SMILES string of the molecule is Cn1c(-c2[nH]ccc(=O)c2-c2nc3ccccc3n2C)nc2ccccc21. The lowest BCUT2D eigenvalue weighted by Crippen LogP contribution is -2.11. The predicted molar refractivity (Wildman–Crippen MR) is 106 cm³/mol. The number of imidazole rings is 2. The van der Waals surface area contributed by atoms with E-state index in [1.165, 1.54) is 6.07 Å². The van der Waals surface area contributed by atoms with Gasteiger partial charge >= 0.3 is 0 Å². The first-order chi connectivity index (χ1) is 13.1. The number of para-hydroxylation sites is 4. The Morgan fingerprint density at radius 3 is 1.96 bits per heavy atom.